The molecule has 232 valence electrons. The number of aryl methyl sites for hydroxylation is 3. The average molecular weight is 617 g/mol. The van der Waals surface area contributed by atoms with Crippen molar-refractivity contribution in [2.75, 3.05) is 0 Å². The van der Waals surface area contributed by atoms with Gasteiger partial charge in [-0.2, -0.15) is 0 Å². The summed E-state index contributed by atoms with van der Waals surface area (Å²) in [6.07, 6.45) is 3.06. The molecule has 0 heteroatoms. The summed E-state index contributed by atoms with van der Waals surface area (Å²) >= 11 is 0. The minimum atomic E-state index is 1.02. The zero-order valence-electron chi connectivity index (χ0n) is 28.1. The molecule has 8 rings (SSSR count). The summed E-state index contributed by atoms with van der Waals surface area (Å²) in [4.78, 5) is 0. The van der Waals surface area contributed by atoms with Gasteiger partial charge in [0.25, 0.3) is 0 Å². The second kappa shape index (κ2) is 12.6. The van der Waals surface area contributed by atoms with Crippen LogP contribution >= 0.6 is 0 Å². The Bertz CT molecular complexity index is 2340. The van der Waals surface area contributed by atoms with Crippen molar-refractivity contribution < 1.29 is 0 Å². The summed E-state index contributed by atoms with van der Waals surface area (Å²) in [5.74, 6) is 0. The maximum absolute atomic E-state index is 2.34. The summed E-state index contributed by atoms with van der Waals surface area (Å²) in [6.45, 7) is 6.69. The lowest BCUT2D eigenvalue weighted by molar-refractivity contribution is 1.14. The Morgan fingerprint density at radius 2 is 0.521 bits per heavy atom. The number of hydrogen-bond donors (Lipinski definition) is 0. The Balaban J connectivity index is 1.70. The third kappa shape index (κ3) is 5.00. The lowest BCUT2D eigenvalue weighted by Crippen LogP contribution is -1.98. The second-order valence-electron chi connectivity index (χ2n) is 12.9. The number of hydrogen-bond acceptors (Lipinski definition) is 0. The summed E-state index contributed by atoms with van der Waals surface area (Å²) < 4.78 is 0. The van der Waals surface area contributed by atoms with Gasteiger partial charge in [-0.1, -0.05) is 172 Å². The highest BCUT2D eigenvalue weighted by molar-refractivity contribution is 6.33. The van der Waals surface area contributed by atoms with Crippen LogP contribution < -0.4 is 0 Å². The van der Waals surface area contributed by atoms with Crippen molar-refractivity contribution in [1.29, 1.82) is 0 Å². The molecule has 0 N–H and O–H groups in total. The Kier molecular flexibility index (Phi) is 7.87. The van der Waals surface area contributed by atoms with Gasteiger partial charge in [-0.15, -0.1) is 0 Å². The molecule has 48 heavy (non-hydrogen) atoms. The van der Waals surface area contributed by atoms with Gasteiger partial charge in [0.05, 0.1) is 0 Å². The third-order valence-electron chi connectivity index (χ3n) is 10.2. The van der Waals surface area contributed by atoms with Crippen molar-refractivity contribution in [3.8, 4) is 44.5 Å². The second-order valence-corrected chi connectivity index (χ2v) is 12.9. The highest BCUT2D eigenvalue weighted by atomic mass is 14.3. The normalized spacial score (nSPS) is 11.5. The van der Waals surface area contributed by atoms with E-state index in [4.69, 9.17) is 0 Å². The van der Waals surface area contributed by atoms with E-state index < -0.39 is 0 Å². The first kappa shape index (κ1) is 29.9. The van der Waals surface area contributed by atoms with Crippen LogP contribution in [0.25, 0.3) is 76.8 Å². The molecule has 0 aliphatic heterocycles. The Hall–Kier alpha value is -5.46. The third-order valence-corrected chi connectivity index (χ3v) is 10.2. The van der Waals surface area contributed by atoms with Crippen molar-refractivity contribution >= 4 is 32.3 Å². The topological polar surface area (TPSA) is 0 Å². The molecule has 8 aromatic rings. The molecule has 0 spiro atoms. The van der Waals surface area contributed by atoms with E-state index in [-0.39, 0.29) is 0 Å². The summed E-state index contributed by atoms with van der Waals surface area (Å²) in [5.41, 5.74) is 14.2. The number of rotatable bonds is 7. The van der Waals surface area contributed by atoms with E-state index in [2.05, 4.69) is 172 Å². The molecular weight excluding hydrogens is 577 g/mol. The fourth-order valence-corrected chi connectivity index (χ4v) is 7.65. The van der Waals surface area contributed by atoms with Crippen LogP contribution in [0.2, 0.25) is 0 Å². The Labute approximate surface area is 284 Å². The lowest BCUT2D eigenvalue weighted by Gasteiger charge is -2.25. The molecule has 0 atom stereocenters. The zero-order chi connectivity index (χ0) is 32.6. The molecule has 8 aromatic carbocycles. The van der Waals surface area contributed by atoms with Crippen molar-refractivity contribution in [3.63, 3.8) is 0 Å². The molecule has 0 saturated carbocycles. The van der Waals surface area contributed by atoms with Gasteiger partial charge in [-0.05, 0) is 113 Å². The fourth-order valence-electron chi connectivity index (χ4n) is 7.65. The fraction of sp³-hybridized carbons (Fsp3) is 0.125. The van der Waals surface area contributed by atoms with Gasteiger partial charge >= 0.3 is 0 Å². The van der Waals surface area contributed by atoms with Gasteiger partial charge in [0, 0.05) is 0 Å². The van der Waals surface area contributed by atoms with E-state index in [1.165, 1.54) is 93.5 Å². The number of fused-ring (bicyclic) bond motifs is 3. The molecule has 0 radical (unpaired) electrons. The summed E-state index contributed by atoms with van der Waals surface area (Å²) in [7, 11) is 0. The van der Waals surface area contributed by atoms with Gasteiger partial charge in [0.1, 0.15) is 0 Å². The average Bonchev–Trinajstić information content (AvgIpc) is 3.16. The van der Waals surface area contributed by atoms with Crippen molar-refractivity contribution in [3.05, 3.63) is 168 Å². The van der Waals surface area contributed by atoms with Crippen LogP contribution in [0.4, 0.5) is 0 Å². The van der Waals surface area contributed by atoms with Crippen LogP contribution in [-0.2, 0) is 19.3 Å². The SMILES string of the molecule is CCc1ccc(-c2c3ccccc3c(-c3ccc(CC)cc3)c3c(-c4ccc(CC)cc4)c4ccccc4c(-c4ccccc4)c23)cc1. The van der Waals surface area contributed by atoms with E-state index in [9.17, 15) is 0 Å². The molecule has 0 aromatic heterocycles. The van der Waals surface area contributed by atoms with Crippen LogP contribution in [0.3, 0.4) is 0 Å². The van der Waals surface area contributed by atoms with E-state index in [0.717, 1.165) is 19.3 Å². The first-order valence-electron chi connectivity index (χ1n) is 17.5. The Morgan fingerprint density at radius 3 is 0.792 bits per heavy atom. The maximum Gasteiger partial charge on any atom is -0.000139 e. The Morgan fingerprint density at radius 1 is 0.271 bits per heavy atom. The lowest BCUT2D eigenvalue weighted by atomic mass is 9.77. The predicted molar refractivity (Wildman–Crippen MR) is 209 cm³/mol. The van der Waals surface area contributed by atoms with Crippen LogP contribution in [0.15, 0.2) is 152 Å². The van der Waals surface area contributed by atoms with Crippen molar-refractivity contribution in [1.82, 2.24) is 0 Å². The van der Waals surface area contributed by atoms with E-state index in [1.807, 2.05) is 0 Å². The highest BCUT2D eigenvalue weighted by Gasteiger charge is 2.25. The monoisotopic (exact) mass is 616 g/mol. The van der Waals surface area contributed by atoms with Crippen LogP contribution in [0, 0.1) is 0 Å². The molecule has 0 heterocycles. The van der Waals surface area contributed by atoms with E-state index in [0.29, 0.717) is 0 Å². The minimum Gasteiger partial charge on any atom is -0.0622 e. The zero-order valence-corrected chi connectivity index (χ0v) is 28.1. The first-order valence-corrected chi connectivity index (χ1v) is 17.5. The van der Waals surface area contributed by atoms with Gasteiger partial charge in [0.2, 0.25) is 0 Å². The molecule has 0 nitrogen and oxygen atoms in total. The van der Waals surface area contributed by atoms with Crippen LogP contribution in [0.1, 0.15) is 37.5 Å². The van der Waals surface area contributed by atoms with Gasteiger partial charge < -0.3 is 0 Å². The molecule has 0 aliphatic rings. The largest absolute Gasteiger partial charge is 0.0622 e. The predicted octanol–water partition coefficient (Wildman–Crippen LogP) is 13.5. The van der Waals surface area contributed by atoms with Gasteiger partial charge in [0.15, 0.2) is 0 Å². The smallest absolute Gasteiger partial charge is 0.000139 e. The molecule has 0 aliphatic carbocycles. The van der Waals surface area contributed by atoms with E-state index >= 15 is 0 Å². The van der Waals surface area contributed by atoms with Crippen molar-refractivity contribution in [2.45, 2.75) is 40.0 Å². The van der Waals surface area contributed by atoms with Crippen LogP contribution in [0.5, 0.6) is 0 Å². The minimum absolute atomic E-state index is 1.02. The molecule has 0 amide bonds. The van der Waals surface area contributed by atoms with Gasteiger partial charge in [-0.25, -0.2) is 0 Å². The molecule has 0 unspecified atom stereocenters. The first-order chi connectivity index (χ1) is 23.7. The van der Waals surface area contributed by atoms with E-state index in [1.54, 1.807) is 0 Å². The molecule has 0 fully saturated rings. The molecule has 0 bridgehead atoms. The standard InChI is InChI=1S/C48H40/c1-4-32-20-26-36(27-21-32)44-41-18-12-13-19-42(41)46(38-30-24-34(6-3)25-31-38)48-45(37-28-22-33(5-2)23-29-37)40-17-11-10-16-39(40)43(47(44)48)35-14-8-7-9-15-35/h7-31H,4-6H2,1-3H3. The summed E-state index contributed by atoms with van der Waals surface area (Å²) in [6, 6.07) is 57.1. The van der Waals surface area contributed by atoms with Crippen LogP contribution in [-0.4, -0.2) is 0 Å². The highest BCUT2D eigenvalue weighted by Crippen LogP contribution is 2.53. The van der Waals surface area contributed by atoms with Crippen molar-refractivity contribution in [2.24, 2.45) is 0 Å². The number of benzene rings is 8. The maximum atomic E-state index is 2.34. The summed E-state index contributed by atoms with van der Waals surface area (Å²) in [5, 5.41) is 7.75. The van der Waals surface area contributed by atoms with Gasteiger partial charge in [-0.3, -0.25) is 0 Å². The quantitative estimate of drug-likeness (QED) is 0.156. The molecular formula is C48H40. The molecule has 0 saturated heterocycles.